The molecule has 0 aromatic rings. The first kappa shape index (κ1) is 19.5. The molecule has 4 unspecified atom stereocenters. The molecule has 4 fully saturated rings. The van der Waals surface area contributed by atoms with E-state index in [0.29, 0.717) is 43.0 Å². The maximum atomic E-state index is 11.5. The number of hydrogen-bond acceptors (Lipinski definition) is 4. The lowest BCUT2D eigenvalue weighted by atomic mass is 9.46. The standard InChI is InChI=1S/C24H38O4/c1-22-10-9-16(26-4)13-15(22)5-6-17-18-7-8-20(24(3)27-11-12-28-24)23(18,2)14-19(25)21(17)22/h5,16-21,25H,6-14H2,1-4H3/t16-,17?,18?,19?,20-,21?,22-,23-/m0/s1. The number of ether oxygens (including phenoxy) is 3. The molecule has 1 heterocycles. The zero-order chi connectivity index (χ0) is 19.7. The highest BCUT2D eigenvalue weighted by atomic mass is 16.7. The van der Waals surface area contributed by atoms with Crippen LogP contribution in [0.5, 0.6) is 0 Å². The lowest BCUT2D eigenvalue weighted by Gasteiger charge is -2.60. The molecule has 0 amide bonds. The number of aliphatic hydroxyl groups excluding tert-OH is 1. The topological polar surface area (TPSA) is 47.9 Å². The number of hydrogen-bond donors (Lipinski definition) is 1. The summed E-state index contributed by atoms with van der Waals surface area (Å²) >= 11 is 0. The summed E-state index contributed by atoms with van der Waals surface area (Å²) in [5.74, 6) is 1.54. The molecule has 28 heavy (non-hydrogen) atoms. The molecule has 0 aromatic heterocycles. The van der Waals surface area contributed by atoms with Crippen molar-refractivity contribution >= 4 is 0 Å². The highest BCUT2D eigenvalue weighted by molar-refractivity contribution is 5.27. The van der Waals surface area contributed by atoms with Crippen LogP contribution in [-0.4, -0.2) is 43.4 Å². The van der Waals surface area contributed by atoms with Crippen LogP contribution < -0.4 is 0 Å². The van der Waals surface area contributed by atoms with E-state index in [9.17, 15) is 5.11 Å². The first-order chi connectivity index (χ1) is 13.3. The van der Waals surface area contributed by atoms with Gasteiger partial charge in [-0.25, -0.2) is 0 Å². The summed E-state index contributed by atoms with van der Waals surface area (Å²) in [4.78, 5) is 0. The van der Waals surface area contributed by atoms with Crippen molar-refractivity contribution in [2.75, 3.05) is 20.3 Å². The van der Waals surface area contributed by atoms with Gasteiger partial charge in [0.2, 0.25) is 0 Å². The average Bonchev–Trinajstić information content (AvgIpc) is 3.24. The Hall–Kier alpha value is -0.420. The Morgan fingerprint density at radius 2 is 1.86 bits per heavy atom. The van der Waals surface area contributed by atoms with Gasteiger partial charge in [0.1, 0.15) is 0 Å². The first-order valence-electron chi connectivity index (χ1n) is 11.5. The number of rotatable bonds is 2. The summed E-state index contributed by atoms with van der Waals surface area (Å²) in [6, 6.07) is 0. The fourth-order valence-electron chi connectivity index (χ4n) is 8.55. The third-order valence-corrected chi connectivity index (χ3v) is 9.82. The van der Waals surface area contributed by atoms with E-state index in [-0.39, 0.29) is 16.9 Å². The summed E-state index contributed by atoms with van der Waals surface area (Å²) < 4.78 is 17.9. The largest absolute Gasteiger partial charge is 0.393 e. The van der Waals surface area contributed by atoms with E-state index in [1.807, 2.05) is 7.11 Å². The van der Waals surface area contributed by atoms with Crippen LogP contribution in [0, 0.1) is 34.5 Å². The van der Waals surface area contributed by atoms with Crippen molar-refractivity contribution in [2.24, 2.45) is 34.5 Å². The van der Waals surface area contributed by atoms with Crippen LogP contribution in [0.3, 0.4) is 0 Å². The third kappa shape index (κ3) is 2.57. The van der Waals surface area contributed by atoms with E-state index in [4.69, 9.17) is 14.2 Å². The number of aliphatic hydroxyl groups is 1. The molecule has 1 aliphatic heterocycles. The molecule has 1 saturated heterocycles. The molecular weight excluding hydrogens is 352 g/mol. The Kier molecular flexibility index (Phi) is 4.56. The van der Waals surface area contributed by atoms with Crippen LogP contribution in [0.2, 0.25) is 0 Å². The van der Waals surface area contributed by atoms with Gasteiger partial charge in [-0.05, 0) is 80.5 Å². The van der Waals surface area contributed by atoms with E-state index in [0.717, 1.165) is 38.5 Å². The van der Waals surface area contributed by atoms with Gasteiger partial charge >= 0.3 is 0 Å². The van der Waals surface area contributed by atoms with Gasteiger partial charge in [-0.3, -0.25) is 0 Å². The van der Waals surface area contributed by atoms with E-state index in [1.165, 1.54) is 6.42 Å². The Bertz CT molecular complexity index is 653. The van der Waals surface area contributed by atoms with Crippen LogP contribution >= 0.6 is 0 Å². The van der Waals surface area contributed by atoms with Crippen molar-refractivity contribution in [3.8, 4) is 0 Å². The minimum atomic E-state index is -0.466. The molecular formula is C24H38O4. The minimum Gasteiger partial charge on any atom is -0.393 e. The molecule has 0 aromatic carbocycles. The monoisotopic (exact) mass is 390 g/mol. The van der Waals surface area contributed by atoms with Crippen molar-refractivity contribution in [3.05, 3.63) is 11.6 Å². The van der Waals surface area contributed by atoms with E-state index in [1.54, 1.807) is 5.57 Å². The molecule has 1 N–H and O–H groups in total. The zero-order valence-electron chi connectivity index (χ0n) is 18.1. The van der Waals surface area contributed by atoms with Crippen molar-refractivity contribution in [1.29, 1.82) is 0 Å². The normalized spacial score (nSPS) is 52.5. The Labute approximate surface area is 170 Å². The van der Waals surface area contributed by atoms with Gasteiger partial charge in [-0.1, -0.05) is 25.5 Å². The van der Waals surface area contributed by atoms with Gasteiger partial charge in [0.05, 0.1) is 25.4 Å². The first-order valence-corrected chi connectivity index (χ1v) is 11.5. The van der Waals surface area contributed by atoms with Crippen LogP contribution in [-0.2, 0) is 14.2 Å². The van der Waals surface area contributed by atoms with Gasteiger partial charge in [0.15, 0.2) is 5.79 Å². The lowest BCUT2D eigenvalue weighted by Crippen LogP contribution is -2.58. The van der Waals surface area contributed by atoms with Gasteiger partial charge < -0.3 is 19.3 Å². The summed E-state index contributed by atoms with van der Waals surface area (Å²) in [6.07, 6.45) is 10.4. The predicted molar refractivity (Wildman–Crippen MR) is 108 cm³/mol. The third-order valence-electron chi connectivity index (χ3n) is 9.82. The molecule has 8 atom stereocenters. The molecule has 4 aliphatic carbocycles. The van der Waals surface area contributed by atoms with Crippen molar-refractivity contribution in [2.45, 2.75) is 83.7 Å². The van der Waals surface area contributed by atoms with Crippen molar-refractivity contribution < 1.29 is 19.3 Å². The fraction of sp³-hybridized carbons (Fsp3) is 0.917. The molecule has 5 rings (SSSR count). The SMILES string of the molecule is CO[C@H]1CC[C@@]2(C)C(=CCC3C2C(O)C[C@@]2(C)C3CC[C@@H]2C2(C)OCCO2)C1. The second-order valence-electron chi connectivity index (χ2n) is 10.9. The Morgan fingerprint density at radius 3 is 2.57 bits per heavy atom. The Morgan fingerprint density at radius 1 is 1.11 bits per heavy atom. The second-order valence-corrected chi connectivity index (χ2v) is 10.9. The van der Waals surface area contributed by atoms with Gasteiger partial charge in [0.25, 0.3) is 0 Å². The van der Waals surface area contributed by atoms with Crippen LogP contribution in [0.25, 0.3) is 0 Å². The smallest absolute Gasteiger partial charge is 0.169 e. The van der Waals surface area contributed by atoms with Gasteiger partial charge in [0, 0.05) is 13.0 Å². The Balaban J connectivity index is 1.47. The molecule has 0 bridgehead atoms. The zero-order valence-corrected chi connectivity index (χ0v) is 18.1. The quantitative estimate of drug-likeness (QED) is 0.714. The number of fused-ring (bicyclic) bond motifs is 5. The summed E-state index contributed by atoms with van der Waals surface area (Å²) in [7, 11) is 1.84. The fourth-order valence-corrected chi connectivity index (χ4v) is 8.55. The molecule has 0 radical (unpaired) electrons. The highest BCUT2D eigenvalue weighted by Crippen LogP contribution is 2.68. The van der Waals surface area contributed by atoms with Crippen LogP contribution in [0.15, 0.2) is 11.6 Å². The minimum absolute atomic E-state index is 0.102. The van der Waals surface area contributed by atoms with Crippen molar-refractivity contribution in [3.63, 3.8) is 0 Å². The summed E-state index contributed by atoms with van der Waals surface area (Å²) in [5.41, 5.74) is 1.80. The molecule has 4 heteroatoms. The molecule has 4 nitrogen and oxygen atoms in total. The highest BCUT2D eigenvalue weighted by Gasteiger charge is 2.65. The molecule has 3 saturated carbocycles. The summed E-state index contributed by atoms with van der Waals surface area (Å²) in [6.45, 7) is 8.40. The van der Waals surface area contributed by atoms with Crippen LogP contribution in [0.4, 0.5) is 0 Å². The number of methoxy groups -OCH3 is 1. The molecule has 158 valence electrons. The predicted octanol–water partition coefficient (Wildman–Crippen LogP) is 4.31. The molecule has 0 spiro atoms. The van der Waals surface area contributed by atoms with Crippen molar-refractivity contribution in [1.82, 2.24) is 0 Å². The average molecular weight is 391 g/mol. The summed E-state index contributed by atoms with van der Waals surface area (Å²) in [5, 5.41) is 11.5. The maximum Gasteiger partial charge on any atom is 0.169 e. The maximum absolute atomic E-state index is 11.5. The van der Waals surface area contributed by atoms with Crippen LogP contribution in [0.1, 0.15) is 65.7 Å². The van der Waals surface area contributed by atoms with E-state index < -0.39 is 5.79 Å². The van der Waals surface area contributed by atoms with Gasteiger partial charge in [-0.15, -0.1) is 0 Å². The number of allylic oxidation sites excluding steroid dienone is 1. The second kappa shape index (κ2) is 6.54. The van der Waals surface area contributed by atoms with E-state index in [2.05, 4.69) is 26.8 Å². The van der Waals surface area contributed by atoms with Gasteiger partial charge in [-0.2, -0.15) is 0 Å². The lowest BCUT2D eigenvalue weighted by molar-refractivity contribution is -0.223. The van der Waals surface area contributed by atoms with E-state index >= 15 is 0 Å². The molecule has 5 aliphatic rings.